The number of halogens is 1. The van der Waals surface area contributed by atoms with Crippen LogP contribution in [0.4, 0.5) is 4.39 Å². The van der Waals surface area contributed by atoms with Gasteiger partial charge in [0.2, 0.25) is 0 Å². The van der Waals surface area contributed by atoms with Crippen LogP contribution in [0.5, 0.6) is 0 Å². The number of benzene rings is 1. The van der Waals surface area contributed by atoms with Crippen molar-refractivity contribution in [2.75, 3.05) is 0 Å². The number of hydrogen-bond donors (Lipinski definition) is 0. The number of rotatable bonds is 5. The van der Waals surface area contributed by atoms with E-state index in [4.69, 9.17) is 5.26 Å². The van der Waals surface area contributed by atoms with Crippen molar-refractivity contribution >= 4 is 28.5 Å². The summed E-state index contributed by atoms with van der Waals surface area (Å²) in [7, 11) is 0. The number of nitriles is 1. The molecule has 0 saturated heterocycles. The molecule has 7 heteroatoms. The first-order valence-electron chi connectivity index (χ1n) is 7.54. The number of hydrogen-bond acceptors (Lipinski definition) is 6. The van der Waals surface area contributed by atoms with Gasteiger partial charge in [-0.2, -0.15) is 5.26 Å². The van der Waals surface area contributed by atoms with Crippen LogP contribution in [0.1, 0.15) is 26.8 Å². The molecule has 0 spiro atoms. The summed E-state index contributed by atoms with van der Waals surface area (Å²) in [5.74, 6) is -0.568. The fourth-order valence-electron chi connectivity index (χ4n) is 2.54. The topological polar surface area (TPSA) is 66.6 Å². The third-order valence-electron chi connectivity index (χ3n) is 3.52. The van der Waals surface area contributed by atoms with Crippen LogP contribution in [0, 0.1) is 31.0 Å². The molecule has 0 aliphatic rings. The van der Waals surface area contributed by atoms with E-state index >= 15 is 0 Å². The van der Waals surface area contributed by atoms with Crippen molar-refractivity contribution in [2.45, 2.75) is 26.7 Å². The average Bonchev–Trinajstić information content (AvgIpc) is 3.12. The van der Waals surface area contributed by atoms with Gasteiger partial charge in [0.05, 0.1) is 39.3 Å². The maximum Gasteiger partial charge on any atom is 0.144 e. The number of aromatic nitrogens is 2. The van der Waals surface area contributed by atoms with Crippen molar-refractivity contribution in [3.8, 4) is 16.6 Å². The highest BCUT2D eigenvalue weighted by atomic mass is 32.1. The van der Waals surface area contributed by atoms with E-state index in [0.717, 1.165) is 32.3 Å². The highest BCUT2D eigenvalue weighted by Gasteiger charge is 2.14. The van der Waals surface area contributed by atoms with E-state index < -0.39 is 5.82 Å². The third kappa shape index (κ3) is 4.16. The maximum atomic E-state index is 13.4. The normalized spacial score (nSPS) is 10.6. The minimum Gasteiger partial charge on any atom is -0.299 e. The van der Waals surface area contributed by atoms with Crippen LogP contribution in [0.2, 0.25) is 0 Å². The Labute approximate surface area is 152 Å². The molecule has 0 atom stereocenters. The number of thiazole rings is 2. The van der Waals surface area contributed by atoms with Crippen molar-refractivity contribution in [3.63, 3.8) is 0 Å². The lowest BCUT2D eigenvalue weighted by Gasteiger charge is -2.01. The Morgan fingerprint density at radius 1 is 1.24 bits per heavy atom. The van der Waals surface area contributed by atoms with Gasteiger partial charge in [0.15, 0.2) is 0 Å². The van der Waals surface area contributed by atoms with Gasteiger partial charge in [0.25, 0.3) is 0 Å². The Morgan fingerprint density at radius 2 is 2.04 bits per heavy atom. The largest absolute Gasteiger partial charge is 0.299 e. The van der Waals surface area contributed by atoms with Crippen LogP contribution < -0.4 is 0 Å². The molecule has 2 aromatic heterocycles. The first kappa shape index (κ1) is 17.4. The molecule has 0 aliphatic carbocycles. The van der Waals surface area contributed by atoms with Crippen LogP contribution in [0.25, 0.3) is 10.6 Å². The van der Waals surface area contributed by atoms with Crippen LogP contribution in [0.15, 0.2) is 23.6 Å². The van der Waals surface area contributed by atoms with Crippen molar-refractivity contribution in [3.05, 3.63) is 56.2 Å². The van der Waals surface area contributed by atoms with Crippen LogP contribution in [0.3, 0.4) is 0 Å². The number of aryl methyl sites for hydroxylation is 2. The summed E-state index contributed by atoms with van der Waals surface area (Å²) in [6.07, 6.45) is 0.278. The molecule has 0 fully saturated rings. The van der Waals surface area contributed by atoms with Crippen molar-refractivity contribution < 1.29 is 9.18 Å². The van der Waals surface area contributed by atoms with Gasteiger partial charge >= 0.3 is 0 Å². The van der Waals surface area contributed by atoms with E-state index in [1.807, 2.05) is 25.3 Å². The fourth-order valence-corrected chi connectivity index (χ4v) is 4.31. The minimum absolute atomic E-state index is 0.0624. The Hall–Kier alpha value is -2.43. The lowest BCUT2D eigenvalue weighted by atomic mass is 10.0. The predicted molar refractivity (Wildman–Crippen MR) is 96.2 cm³/mol. The quantitative estimate of drug-likeness (QED) is 0.672. The monoisotopic (exact) mass is 371 g/mol. The molecule has 0 aliphatic heterocycles. The first-order valence-corrected chi connectivity index (χ1v) is 9.24. The van der Waals surface area contributed by atoms with Crippen LogP contribution in [-0.4, -0.2) is 15.8 Å². The van der Waals surface area contributed by atoms with E-state index in [0.29, 0.717) is 5.56 Å². The number of nitrogens with zero attached hydrogens (tertiary/aromatic N) is 3. The van der Waals surface area contributed by atoms with Gasteiger partial charge in [-0.3, -0.25) is 4.79 Å². The Kier molecular flexibility index (Phi) is 5.02. The Balaban J connectivity index is 1.71. The molecule has 0 saturated carbocycles. The molecule has 2 heterocycles. The summed E-state index contributed by atoms with van der Waals surface area (Å²) in [6, 6.07) is 5.87. The number of carbonyl (C=O) groups excluding carboxylic acids is 1. The number of ketones is 1. The molecule has 0 unspecified atom stereocenters. The second-order valence-corrected chi connectivity index (χ2v) is 7.77. The molecule has 126 valence electrons. The van der Waals surface area contributed by atoms with Gasteiger partial charge in [0, 0.05) is 11.8 Å². The Morgan fingerprint density at radius 3 is 2.72 bits per heavy atom. The molecule has 4 nitrogen and oxygen atoms in total. The zero-order valence-corrected chi connectivity index (χ0v) is 15.3. The number of carbonyl (C=O) groups is 1. The van der Waals surface area contributed by atoms with Gasteiger partial charge < -0.3 is 0 Å². The zero-order chi connectivity index (χ0) is 18.0. The van der Waals surface area contributed by atoms with E-state index in [-0.39, 0.29) is 24.2 Å². The highest BCUT2D eigenvalue weighted by Crippen LogP contribution is 2.30. The van der Waals surface area contributed by atoms with Crippen molar-refractivity contribution in [2.24, 2.45) is 0 Å². The lowest BCUT2D eigenvalue weighted by Crippen LogP contribution is -2.07. The summed E-state index contributed by atoms with van der Waals surface area (Å²) in [4.78, 5) is 22.2. The van der Waals surface area contributed by atoms with Gasteiger partial charge in [0.1, 0.15) is 16.6 Å². The SMILES string of the molecule is Cc1nc(C)c(-c2csc(CC(=O)Cc3cc(F)cc(C#N)c3)n2)s1. The fraction of sp³-hybridized carbons (Fsp3) is 0.222. The van der Waals surface area contributed by atoms with Crippen molar-refractivity contribution in [1.29, 1.82) is 5.26 Å². The Bertz CT molecular complexity index is 985. The van der Waals surface area contributed by atoms with Crippen molar-refractivity contribution in [1.82, 2.24) is 9.97 Å². The van der Waals surface area contributed by atoms with E-state index in [2.05, 4.69) is 9.97 Å². The summed E-state index contributed by atoms with van der Waals surface area (Å²) >= 11 is 3.02. The molecular weight excluding hydrogens is 357 g/mol. The molecule has 0 amide bonds. The summed E-state index contributed by atoms with van der Waals surface area (Å²) in [5.41, 5.74) is 2.51. The van der Waals surface area contributed by atoms with Gasteiger partial charge in [-0.15, -0.1) is 22.7 Å². The van der Waals surface area contributed by atoms with E-state index in [9.17, 15) is 9.18 Å². The predicted octanol–water partition coefficient (Wildman–Crippen LogP) is 4.25. The van der Waals surface area contributed by atoms with E-state index in [1.165, 1.54) is 23.5 Å². The van der Waals surface area contributed by atoms with Gasteiger partial charge in [-0.05, 0) is 37.6 Å². The molecule has 0 radical (unpaired) electrons. The van der Waals surface area contributed by atoms with Gasteiger partial charge in [-0.25, -0.2) is 14.4 Å². The standard InChI is InChI=1S/C18H14FN3OS2/c1-10-18(25-11(2)21-10)16-9-24-17(22-16)7-15(23)6-12-3-13(8-20)5-14(19)4-12/h3-5,9H,6-7H2,1-2H3. The highest BCUT2D eigenvalue weighted by molar-refractivity contribution is 7.16. The van der Waals surface area contributed by atoms with Crippen LogP contribution in [-0.2, 0) is 17.6 Å². The molecular formula is C18H14FN3OS2. The lowest BCUT2D eigenvalue weighted by molar-refractivity contribution is -0.117. The molecule has 3 rings (SSSR count). The summed E-state index contributed by atoms with van der Waals surface area (Å²) in [6.45, 7) is 3.90. The number of Topliss-reactive ketones (excluding diaryl/α,β-unsaturated/α-hetero) is 1. The first-order chi connectivity index (χ1) is 11.9. The molecule has 0 bridgehead atoms. The smallest absolute Gasteiger partial charge is 0.144 e. The zero-order valence-electron chi connectivity index (χ0n) is 13.7. The van der Waals surface area contributed by atoms with Gasteiger partial charge in [-0.1, -0.05) is 0 Å². The maximum absolute atomic E-state index is 13.4. The molecule has 3 aromatic rings. The molecule has 25 heavy (non-hydrogen) atoms. The van der Waals surface area contributed by atoms with Crippen LogP contribution >= 0.6 is 22.7 Å². The summed E-state index contributed by atoms with van der Waals surface area (Å²) in [5, 5.41) is 12.5. The second kappa shape index (κ2) is 7.21. The molecule has 1 aromatic carbocycles. The van der Waals surface area contributed by atoms with E-state index in [1.54, 1.807) is 11.3 Å². The molecule has 0 N–H and O–H groups in total. The second-order valence-electron chi connectivity index (χ2n) is 5.63. The summed E-state index contributed by atoms with van der Waals surface area (Å²) < 4.78 is 13.4. The third-order valence-corrected chi connectivity index (χ3v) is 5.47. The minimum atomic E-state index is -0.505. The average molecular weight is 371 g/mol.